The Morgan fingerprint density at radius 3 is 2.87 bits per heavy atom. The minimum atomic E-state index is -0.392. The zero-order chi connectivity index (χ0) is 15.6. The van der Waals surface area contributed by atoms with Gasteiger partial charge in [0.25, 0.3) is 11.9 Å². The molecule has 1 saturated heterocycles. The van der Waals surface area contributed by atoms with Crippen molar-refractivity contribution in [3.8, 4) is 0 Å². The van der Waals surface area contributed by atoms with Gasteiger partial charge in [0.15, 0.2) is 5.58 Å². The van der Waals surface area contributed by atoms with E-state index in [2.05, 4.69) is 15.2 Å². The van der Waals surface area contributed by atoms with Gasteiger partial charge in [0, 0.05) is 18.8 Å². The summed E-state index contributed by atoms with van der Waals surface area (Å²) in [4.78, 5) is 18.7. The second-order valence-electron chi connectivity index (χ2n) is 5.34. The molecule has 0 saturated carbocycles. The van der Waals surface area contributed by atoms with Crippen molar-refractivity contribution in [1.82, 2.24) is 4.98 Å². The number of rotatable bonds is 3. The van der Waals surface area contributed by atoms with E-state index in [1.807, 2.05) is 0 Å². The van der Waals surface area contributed by atoms with E-state index < -0.39 is 5.91 Å². The van der Waals surface area contributed by atoms with E-state index in [0.29, 0.717) is 22.8 Å². The van der Waals surface area contributed by atoms with E-state index in [4.69, 9.17) is 13.9 Å². The van der Waals surface area contributed by atoms with Crippen molar-refractivity contribution in [2.24, 2.45) is 0 Å². The fourth-order valence-electron chi connectivity index (χ4n) is 2.60. The van der Waals surface area contributed by atoms with Gasteiger partial charge in [-0.05, 0) is 31.0 Å². The molecule has 2 aliphatic rings. The third-order valence-corrected chi connectivity index (χ3v) is 3.74. The van der Waals surface area contributed by atoms with Crippen LogP contribution in [0.15, 0.2) is 47.2 Å². The highest BCUT2D eigenvalue weighted by molar-refractivity contribution is 6.03. The molecule has 1 aromatic carbocycles. The maximum atomic E-state index is 12.0. The fraction of sp³-hybridized carbons (Fsp3) is 0.250. The lowest BCUT2D eigenvalue weighted by atomic mass is 10.3. The predicted molar refractivity (Wildman–Crippen MR) is 83.5 cm³/mol. The van der Waals surface area contributed by atoms with E-state index in [9.17, 15) is 4.79 Å². The first-order valence-electron chi connectivity index (χ1n) is 7.44. The third-order valence-electron chi connectivity index (χ3n) is 3.74. The number of aromatic nitrogens is 1. The van der Waals surface area contributed by atoms with Crippen molar-refractivity contribution < 1.29 is 18.7 Å². The molecule has 2 aliphatic heterocycles. The summed E-state index contributed by atoms with van der Waals surface area (Å²) in [6.45, 7) is 1.94. The number of hydrogen-bond acceptors (Lipinski definition) is 6. The molecule has 118 valence electrons. The first kappa shape index (κ1) is 13.7. The smallest absolute Gasteiger partial charge is 0.298 e. The van der Waals surface area contributed by atoms with Crippen LogP contribution in [0.1, 0.15) is 12.8 Å². The number of amides is 1. The van der Waals surface area contributed by atoms with Crippen molar-refractivity contribution >= 4 is 28.7 Å². The molecule has 4 rings (SSSR count). The van der Waals surface area contributed by atoms with Gasteiger partial charge in [0.05, 0.1) is 0 Å². The third kappa shape index (κ3) is 2.73. The number of carbonyl (C=O) groups is 1. The van der Waals surface area contributed by atoms with Gasteiger partial charge >= 0.3 is 0 Å². The summed E-state index contributed by atoms with van der Waals surface area (Å²) in [5.74, 6) is -0.303. The molecule has 0 aliphatic carbocycles. The number of hydrogen-bond donors (Lipinski definition) is 1. The van der Waals surface area contributed by atoms with E-state index in [1.165, 1.54) is 18.8 Å². The highest BCUT2D eigenvalue weighted by Crippen LogP contribution is 2.27. The van der Waals surface area contributed by atoms with Gasteiger partial charge in [0.2, 0.25) is 5.76 Å². The predicted octanol–water partition coefficient (Wildman–Crippen LogP) is 2.73. The molecule has 1 fully saturated rings. The molecular weight excluding hydrogens is 298 g/mol. The summed E-state index contributed by atoms with van der Waals surface area (Å²) in [5.41, 5.74) is 2.02. The molecule has 7 nitrogen and oxygen atoms in total. The summed E-state index contributed by atoms with van der Waals surface area (Å²) in [6, 6.07) is 5.97. The van der Waals surface area contributed by atoms with Crippen molar-refractivity contribution in [2.45, 2.75) is 12.8 Å². The second-order valence-corrected chi connectivity index (χ2v) is 5.34. The highest BCUT2D eigenvalue weighted by atomic mass is 16.5. The molecular formula is C16H15N3O4. The van der Waals surface area contributed by atoms with E-state index in [1.54, 1.807) is 18.2 Å². The number of nitrogens with zero attached hydrogens (tertiary/aromatic N) is 2. The second kappa shape index (κ2) is 5.68. The van der Waals surface area contributed by atoms with Crippen LogP contribution in [0.5, 0.6) is 0 Å². The minimum Gasteiger partial charge on any atom is -0.465 e. The van der Waals surface area contributed by atoms with Gasteiger partial charge in [-0.25, -0.2) is 0 Å². The standard InChI is InChI=1S/C16H15N3O4/c20-15(14-10-21-7-8-22-14)17-11-3-4-13-12(9-11)18-16(23-13)19-5-1-2-6-19/h3-4,7-10H,1-2,5-6H2,(H,17,20). The van der Waals surface area contributed by atoms with Crippen molar-refractivity contribution in [3.63, 3.8) is 0 Å². The van der Waals surface area contributed by atoms with Crippen LogP contribution < -0.4 is 10.2 Å². The number of anilines is 2. The Balaban J connectivity index is 1.54. The molecule has 2 aromatic rings. The zero-order valence-electron chi connectivity index (χ0n) is 12.3. The summed E-state index contributed by atoms with van der Waals surface area (Å²) < 4.78 is 15.7. The molecule has 3 heterocycles. The topological polar surface area (TPSA) is 76.8 Å². The van der Waals surface area contributed by atoms with Gasteiger partial charge in [-0.2, -0.15) is 4.98 Å². The Morgan fingerprint density at radius 1 is 1.22 bits per heavy atom. The van der Waals surface area contributed by atoms with Gasteiger partial charge in [0.1, 0.15) is 24.3 Å². The maximum absolute atomic E-state index is 12.0. The fourth-order valence-corrected chi connectivity index (χ4v) is 2.60. The monoisotopic (exact) mass is 313 g/mol. The molecule has 7 heteroatoms. The SMILES string of the molecule is O=C(Nc1ccc2oc(N3CCCC3)nc2c1)C1=COC=CO1. The molecule has 0 bridgehead atoms. The number of carbonyl (C=O) groups excluding carboxylic acids is 1. The number of oxazole rings is 1. The quantitative estimate of drug-likeness (QED) is 0.939. The Hall–Kier alpha value is -2.96. The van der Waals surface area contributed by atoms with Crippen molar-refractivity contribution in [2.75, 3.05) is 23.3 Å². The number of nitrogens with one attached hydrogen (secondary N) is 1. The Bertz CT molecular complexity index is 803. The van der Waals surface area contributed by atoms with Crippen molar-refractivity contribution in [3.05, 3.63) is 42.7 Å². The molecule has 1 aromatic heterocycles. The average molecular weight is 313 g/mol. The van der Waals surface area contributed by atoms with Gasteiger partial charge in [-0.1, -0.05) is 0 Å². The van der Waals surface area contributed by atoms with Crippen LogP contribution in [0.2, 0.25) is 0 Å². The first-order valence-corrected chi connectivity index (χ1v) is 7.44. The summed E-state index contributed by atoms with van der Waals surface area (Å²) in [5, 5.41) is 2.74. The zero-order valence-corrected chi connectivity index (χ0v) is 12.3. The van der Waals surface area contributed by atoms with E-state index in [-0.39, 0.29) is 5.76 Å². The van der Waals surface area contributed by atoms with Crippen LogP contribution in [0, 0.1) is 0 Å². The maximum Gasteiger partial charge on any atom is 0.298 e. The number of fused-ring (bicyclic) bond motifs is 1. The first-order chi connectivity index (χ1) is 11.3. The average Bonchev–Trinajstić information content (AvgIpc) is 3.24. The van der Waals surface area contributed by atoms with Gasteiger partial charge in [-0.15, -0.1) is 0 Å². The van der Waals surface area contributed by atoms with Gasteiger partial charge in [-0.3, -0.25) is 4.79 Å². The lowest BCUT2D eigenvalue weighted by Crippen LogP contribution is -2.17. The van der Waals surface area contributed by atoms with Crippen LogP contribution in [-0.4, -0.2) is 24.0 Å². The summed E-state index contributed by atoms with van der Waals surface area (Å²) >= 11 is 0. The number of benzene rings is 1. The van der Waals surface area contributed by atoms with Crippen LogP contribution in [0.25, 0.3) is 11.1 Å². The molecule has 1 amide bonds. The van der Waals surface area contributed by atoms with Crippen LogP contribution in [-0.2, 0) is 14.3 Å². The van der Waals surface area contributed by atoms with Gasteiger partial charge < -0.3 is 24.1 Å². The summed E-state index contributed by atoms with van der Waals surface area (Å²) in [6.07, 6.45) is 6.21. The van der Waals surface area contributed by atoms with Crippen LogP contribution in [0.4, 0.5) is 11.7 Å². The lowest BCUT2D eigenvalue weighted by Gasteiger charge is -2.10. The van der Waals surface area contributed by atoms with E-state index in [0.717, 1.165) is 25.9 Å². The minimum absolute atomic E-state index is 0.0884. The molecule has 23 heavy (non-hydrogen) atoms. The molecule has 0 unspecified atom stereocenters. The van der Waals surface area contributed by atoms with E-state index >= 15 is 0 Å². The van der Waals surface area contributed by atoms with Crippen LogP contribution >= 0.6 is 0 Å². The number of ether oxygens (including phenoxy) is 2. The normalized spacial score (nSPS) is 16.9. The lowest BCUT2D eigenvalue weighted by molar-refractivity contribution is -0.115. The Morgan fingerprint density at radius 2 is 2.09 bits per heavy atom. The largest absolute Gasteiger partial charge is 0.465 e. The molecule has 0 spiro atoms. The van der Waals surface area contributed by atoms with Crippen molar-refractivity contribution in [1.29, 1.82) is 0 Å². The van der Waals surface area contributed by atoms with Crippen LogP contribution in [0.3, 0.4) is 0 Å². The summed E-state index contributed by atoms with van der Waals surface area (Å²) in [7, 11) is 0. The molecule has 0 radical (unpaired) electrons. The highest BCUT2D eigenvalue weighted by Gasteiger charge is 2.19. The molecule has 0 atom stereocenters. The molecule has 1 N–H and O–H groups in total. The Labute approximate surface area is 132 Å². The Kier molecular flexibility index (Phi) is 3.38.